The summed E-state index contributed by atoms with van der Waals surface area (Å²) in [7, 11) is 0. The van der Waals surface area contributed by atoms with E-state index in [1.54, 1.807) is 0 Å². The minimum absolute atomic E-state index is 0.351. The fraction of sp³-hybridized carbons (Fsp3) is 0.360. The minimum Gasteiger partial charge on any atom is -0.0955 e. The largest absolute Gasteiger partial charge is 0.0955 e. The molecule has 0 spiro atoms. The van der Waals surface area contributed by atoms with Crippen molar-refractivity contribution in [3.8, 4) is 0 Å². The van der Waals surface area contributed by atoms with Crippen LogP contribution >= 0.6 is 0 Å². The molecule has 25 heavy (non-hydrogen) atoms. The van der Waals surface area contributed by atoms with Gasteiger partial charge in [-0.25, -0.2) is 0 Å². The summed E-state index contributed by atoms with van der Waals surface area (Å²) < 4.78 is 0. The zero-order valence-electron chi connectivity index (χ0n) is 16.2. The Labute approximate surface area is 153 Å². The lowest BCUT2D eigenvalue weighted by atomic mass is 9.69. The Morgan fingerprint density at radius 3 is 2.40 bits per heavy atom. The highest BCUT2D eigenvalue weighted by atomic mass is 14.4. The molecule has 0 heterocycles. The molecule has 0 nitrogen and oxygen atoms in total. The van der Waals surface area contributed by atoms with Crippen LogP contribution in [0.2, 0.25) is 0 Å². The molecule has 1 aromatic carbocycles. The van der Waals surface area contributed by atoms with Crippen molar-refractivity contribution in [1.82, 2.24) is 0 Å². The van der Waals surface area contributed by atoms with E-state index in [1.165, 1.54) is 44.6 Å². The van der Waals surface area contributed by atoms with Crippen molar-refractivity contribution in [1.29, 1.82) is 0 Å². The van der Waals surface area contributed by atoms with Crippen molar-refractivity contribution >= 4 is 0 Å². The third-order valence-corrected chi connectivity index (χ3v) is 5.71. The molecular formula is C25H30. The molecular weight excluding hydrogens is 300 g/mol. The van der Waals surface area contributed by atoms with Crippen LogP contribution in [0.1, 0.15) is 58.4 Å². The predicted molar refractivity (Wildman–Crippen MR) is 110 cm³/mol. The summed E-state index contributed by atoms with van der Waals surface area (Å²) >= 11 is 0. The normalized spacial score (nSPS) is 22.8. The fourth-order valence-corrected chi connectivity index (χ4v) is 4.62. The lowest BCUT2D eigenvalue weighted by molar-refractivity contribution is 0.619. The van der Waals surface area contributed by atoms with Crippen molar-refractivity contribution in [2.24, 2.45) is 5.92 Å². The Kier molecular flexibility index (Phi) is 4.99. The average Bonchev–Trinajstić information content (AvgIpc) is 2.91. The molecule has 0 N–H and O–H groups in total. The molecule has 2 aliphatic carbocycles. The Balaban J connectivity index is 2.17. The highest BCUT2D eigenvalue weighted by Gasteiger charge is 2.40. The standard InChI is InChI=1S/C25H30/c1-7-11-17(4)23-18(5)14-21-15-22(16(2)3)19(6)24(21)25(23)20-12-9-8-10-13-20/h8-10,12-14,24-25H,4,6-7,11,15H2,1-3,5H3. The smallest absolute Gasteiger partial charge is 0.0201 e. The first-order chi connectivity index (χ1) is 12.0. The van der Waals surface area contributed by atoms with Gasteiger partial charge in [0.1, 0.15) is 0 Å². The van der Waals surface area contributed by atoms with Gasteiger partial charge in [0.25, 0.3) is 0 Å². The van der Waals surface area contributed by atoms with Crippen LogP contribution in [-0.4, -0.2) is 0 Å². The number of fused-ring (bicyclic) bond motifs is 1. The molecule has 130 valence electrons. The fourth-order valence-electron chi connectivity index (χ4n) is 4.62. The third-order valence-electron chi connectivity index (χ3n) is 5.71. The first kappa shape index (κ1) is 17.7. The van der Waals surface area contributed by atoms with Gasteiger partial charge in [0.15, 0.2) is 0 Å². The van der Waals surface area contributed by atoms with Gasteiger partial charge in [-0.3, -0.25) is 0 Å². The van der Waals surface area contributed by atoms with Gasteiger partial charge in [0.05, 0.1) is 0 Å². The summed E-state index contributed by atoms with van der Waals surface area (Å²) in [5.74, 6) is 0.740. The van der Waals surface area contributed by atoms with Gasteiger partial charge in [0.2, 0.25) is 0 Å². The number of benzene rings is 1. The Hall–Kier alpha value is -2.08. The van der Waals surface area contributed by atoms with Crippen molar-refractivity contribution in [2.75, 3.05) is 0 Å². The van der Waals surface area contributed by atoms with Gasteiger partial charge in [-0.2, -0.15) is 0 Å². The molecule has 0 aromatic heterocycles. The van der Waals surface area contributed by atoms with Crippen LogP contribution in [0, 0.1) is 5.92 Å². The van der Waals surface area contributed by atoms with E-state index in [-0.39, 0.29) is 0 Å². The lowest BCUT2D eigenvalue weighted by Crippen LogP contribution is -2.21. The second-order valence-electron chi connectivity index (χ2n) is 7.72. The summed E-state index contributed by atoms with van der Waals surface area (Å²) in [5, 5.41) is 0. The van der Waals surface area contributed by atoms with Crippen molar-refractivity contribution in [3.05, 3.63) is 94.1 Å². The quantitative estimate of drug-likeness (QED) is 0.543. The monoisotopic (exact) mass is 330 g/mol. The molecule has 2 unspecified atom stereocenters. The van der Waals surface area contributed by atoms with Gasteiger partial charge < -0.3 is 0 Å². The van der Waals surface area contributed by atoms with E-state index >= 15 is 0 Å². The van der Waals surface area contributed by atoms with Gasteiger partial charge >= 0.3 is 0 Å². The average molecular weight is 331 g/mol. The Bertz CT molecular complexity index is 792. The van der Waals surface area contributed by atoms with E-state index in [0.29, 0.717) is 11.8 Å². The third kappa shape index (κ3) is 3.11. The number of rotatable bonds is 4. The minimum atomic E-state index is 0.351. The topological polar surface area (TPSA) is 0 Å². The van der Waals surface area contributed by atoms with E-state index in [4.69, 9.17) is 0 Å². The van der Waals surface area contributed by atoms with Crippen LogP contribution in [0.25, 0.3) is 0 Å². The van der Waals surface area contributed by atoms with Crippen molar-refractivity contribution < 1.29 is 0 Å². The molecule has 2 atom stereocenters. The highest BCUT2D eigenvalue weighted by Crippen LogP contribution is 2.55. The van der Waals surface area contributed by atoms with Crippen LogP contribution < -0.4 is 0 Å². The highest BCUT2D eigenvalue weighted by molar-refractivity contribution is 5.60. The molecule has 0 saturated heterocycles. The Morgan fingerprint density at radius 2 is 1.80 bits per heavy atom. The number of allylic oxidation sites excluding steroid dienone is 8. The van der Waals surface area contributed by atoms with E-state index in [1.807, 2.05) is 0 Å². The van der Waals surface area contributed by atoms with Crippen molar-refractivity contribution in [3.63, 3.8) is 0 Å². The summed E-state index contributed by atoms with van der Waals surface area (Å²) in [5.41, 5.74) is 11.2. The molecule has 0 aliphatic heterocycles. The van der Waals surface area contributed by atoms with Crippen LogP contribution in [0.3, 0.4) is 0 Å². The van der Waals surface area contributed by atoms with Gasteiger partial charge in [-0.05, 0) is 61.5 Å². The lowest BCUT2D eigenvalue weighted by Gasteiger charge is -2.34. The Morgan fingerprint density at radius 1 is 1.12 bits per heavy atom. The van der Waals surface area contributed by atoms with Crippen LogP contribution in [0.4, 0.5) is 0 Å². The molecule has 3 rings (SSSR count). The first-order valence-electron chi connectivity index (χ1n) is 9.45. The van der Waals surface area contributed by atoms with E-state index in [9.17, 15) is 0 Å². The molecule has 0 radical (unpaired) electrons. The summed E-state index contributed by atoms with van der Waals surface area (Å²) in [6.07, 6.45) is 5.67. The number of hydrogen-bond acceptors (Lipinski definition) is 0. The van der Waals surface area contributed by atoms with Crippen molar-refractivity contribution in [2.45, 2.75) is 52.9 Å². The maximum atomic E-state index is 4.53. The van der Waals surface area contributed by atoms with Crippen LogP contribution in [-0.2, 0) is 0 Å². The SMILES string of the molecule is C=C(CCC)C1=C(C)C=C2CC(=C(C)C)C(=C)C2C1c1ccccc1. The zero-order chi connectivity index (χ0) is 18.1. The molecule has 0 bridgehead atoms. The first-order valence-corrected chi connectivity index (χ1v) is 9.45. The second-order valence-corrected chi connectivity index (χ2v) is 7.72. The maximum Gasteiger partial charge on any atom is 0.0201 e. The molecule has 2 aliphatic rings. The molecule has 1 fully saturated rings. The maximum absolute atomic E-state index is 4.53. The molecule has 0 heteroatoms. The van der Waals surface area contributed by atoms with Crippen LogP contribution in [0.5, 0.6) is 0 Å². The van der Waals surface area contributed by atoms with Gasteiger partial charge in [-0.15, -0.1) is 0 Å². The molecule has 0 amide bonds. The zero-order valence-corrected chi connectivity index (χ0v) is 16.2. The molecule has 1 aromatic rings. The summed E-state index contributed by atoms with van der Waals surface area (Å²) in [4.78, 5) is 0. The summed E-state index contributed by atoms with van der Waals surface area (Å²) in [6, 6.07) is 11.0. The predicted octanol–water partition coefficient (Wildman–Crippen LogP) is 7.30. The van der Waals surface area contributed by atoms with E-state index < -0.39 is 0 Å². The van der Waals surface area contributed by atoms with Crippen LogP contribution in [0.15, 0.2) is 88.6 Å². The summed E-state index contributed by atoms with van der Waals surface area (Å²) in [6.45, 7) is 17.9. The second kappa shape index (κ2) is 7.04. The number of hydrogen-bond donors (Lipinski definition) is 0. The van der Waals surface area contributed by atoms with E-state index in [2.05, 4.69) is 77.3 Å². The van der Waals surface area contributed by atoms with Gasteiger partial charge in [-0.1, -0.05) is 79.6 Å². The van der Waals surface area contributed by atoms with Gasteiger partial charge in [0, 0.05) is 11.8 Å². The molecule has 1 saturated carbocycles. The van der Waals surface area contributed by atoms with E-state index in [0.717, 1.165) is 19.3 Å².